The summed E-state index contributed by atoms with van der Waals surface area (Å²) in [5, 5.41) is 13.0. The Morgan fingerprint density at radius 3 is 2.67 bits per heavy atom. The van der Waals surface area contributed by atoms with Crippen LogP contribution in [-0.2, 0) is 6.61 Å². The molecule has 4 rings (SSSR count). The molecule has 0 saturated heterocycles. The molecule has 0 fully saturated rings. The number of phenols is 1. The smallest absolute Gasteiger partial charge is 0.446 e. The second-order valence-electron chi connectivity index (χ2n) is 4.72. The number of hydrogen-bond acceptors (Lipinski definition) is 5. The number of benzene rings is 2. The summed E-state index contributed by atoms with van der Waals surface area (Å²) < 4.78 is 11.6. The maximum atomic E-state index is 11.8. The van der Waals surface area contributed by atoms with Gasteiger partial charge in [-0.05, 0) is 35.4 Å². The molecule has 0 amide bonds. The molecule has 3 aromatic rings. The number of aromatic nitrogens is 2. The van der Waals surface area contributed by atoms with Crippen LogP contribution >= 0.6 is 0 Å². The molecule has 0 atom stereocenters. The first-order chi connectivity index (χ1) is 10.2. The normalized spacial score (nSPS) is 12.4. The molecular formula is C15H10N2O4. The van der Waals surface area contributed by atoms with Crippen molar-refractivity contribution in [3.63, 3.8) is 0 Å². The Kier molecular flexibility index (Phi) is 2.38. The molecule has 6 heteroatoms. The number of ether oxygens (including phenoxy) is 1. The van der Waals surface area contributed by atoms with Crippen molar-refractivity contribution >= 4 is 0 Å². The highest BCUT2D eigenvalue weighted by Crippen LogP contribution is 2.32. The van der Waals surface area contributed by atoms with Crippen molar-refractivity contribution in [3.05, 3.63) is 58.8 Å². The topological polar surface area (TPSA) is 77.5 Å². The van der Waals surface area contributed by atoms with Crippen LogP contribution in [0.1, 0.15) is 5.82 Å². The van der Waals surface area contributed by atoms with Crippen LogP contribution in [0.15, 0.2) is 51.8 Å². The predicted molar refractivity (Wildman–Crippen MR) is 73.5 cm³/mol. The second-order valence-corrected chi connectivity index (χ2v) is 4.72. The lowest BCUT2D eigenvalue weighted by atomic mass is 10.0. The van der Waals surface area contributed by atoms with E-state index in [1.165, 1.54) is 4.57 Å². The van der Waals surface area contributed by atoms with E-state index in [-0.39, 0.29) is 12.4 Å². The average Bonchev–Trinajstić information content (AvgIpc) is 2.89. The van der Waals surface area contributed by atoms with E-state index in [9.17, 15) is 9.90 Å². The lowest BCUT2D eigenvalue weighted by Crippen LogP contribution is -2.21. The number of rotatable bonds is 1. The van der Waals surface area contributed by atoms with Crippen molar-refractivity contribution in [2.45, 2.75) is 6.61 Å². The lowest BCUT2D eigenvalue weighted by Gasteiger charge is -2.18. The molecule has 2 aromatic carbocycles. The quantitative estimate of drug-likeness (QED) is 0.739. The number of aromatic hydroxyl groups is 1. The van der Waals surface area contributed by atoms with Crippen molar-refractivity contribution in [1.82, 2.24) is 9.72 Å². The Bertz CT molecular complexity index is 877. The zero-order valence-electron chi connectivity index (χ0n) is 10.8. The number of nitrogens with zero attached hydrogens (tertiary/aromatic N) is 2. The van der Waals surface area contributed by atoms with E-state index in [0.29, 0.717) is 17.3 Å². The SMILES string of the molecule is O=c1onc2n1-c1cc(-c3ccc(O)cc3)ccc1OC2. The summed E-state index contributed by atoms with van der Waals surface area (Å²) in [6.45, 7) is 0.206. The van der Waals surface area contributed by atoms with Gasteiger partial charge in [-0.15, -0.1) is 0 Å². The van der Waals surface area contributed by atoms with Crippen LogP contribution in [0, 0.1) is 0 Å². The third kappa shape index (κ3) is 1.80. The predicted octanol–water partition coefficient (Wildman–Crippen LogP) is 2.09. The Morgan fingerprint density at radius 2 is 1.86 bits per heavy atom. The fourth-order valence-electron chi connectivity index (χ4n) is 2.40. The molecule has 0 radical (unpaired) electrons. The van der Waals surface area contributed by atoms with Crippen LogP contribution in [0.25, 0.3) is 16.8 Å². The van der Waals surface area contributed by atoms with Crippen molar-refractivity contribution in [2.75, 3.05) is 0 Å². The highest BCUT2D eigenvalue weighted by atomic mass is 16.5. The fraction of sp³-hybridized carbons (Fsp3) is 0.0667. The second kappa shape index (κ2) is 4.24. The van der Waals surface area contributed by atoms with Gasteiger partial charge >= 0.3 is 5.76 Å². The first-order valence-electron chi connectivity index (χ1n) is 6.36. The summed E-state index contributed by atoms with van der Waals surface area (Å²) in [5.74, 6) is 0.723. The van der Waals surface area contributed by atoms with Crippen LogP contribution in [0.4, 0.5) is 0 Å². The highest BCUT2D eigenvalue weighted by molar-refractivity contribution is 5.69. The highest BCUT2D eigenvalue weighted by Gasteiger charge is 2.22. The standard InChI is InChI=1S/C15H10N2O4/c18-11-4-1-9(2-5-11)10-3-6-13-12(7-10)17-14(8-20-13)16-21-15(17)19/h1-7,18H,8H2. The minimum Gasteiger partial charge on any atom is -0.508 e. The Morgan fingerprint density at radius 1 is 1.10 bits per heavy atom. The van der Waals surface area contributed by atoms with Crippen molar-refractivity contribution in [3.8, 4) is 28.3 Å². The monoisotopic (exact) mass is 282 g/mol. The molecule has 104 valence electrons. The van der Waals surface area contributed by atoms with Gasteiger partial charge in [0.25, 0.3) is 0 Å². The van der Waals surface area contributed by atoms with E-state index in [2.05, 4.69) is 9.68 Å². The van der Waals surface area contributed by atoms with Crippen LogP contribution in [-0.4, -0.2) is 14.8 Å². The van der Waals surface area contributed by atoms with E-state index in [1.807, 2.05) is 12.1 Å². The summed E-state index contributed by atoms with van der Waals surface area (Å²) in [6, 6.07) is 12.4. The Labute approximate surface area is 118 Å². The minimum absolute atomic E-state index is 0.206. The molecular weight excluding hydrogens is 272 g/mol. The first-order valence-corrected chi connectivity index (χ1v) is 6.36. The van der Waals surface area contributed by atoms with Crippen LogP contribution < -0.4 is 10.5 Å². The fourth-order valence-corrected chi connectivity index (χ4v) is 2.40. The van der Waals surface area contributed by atoms with Gasteiger partial charge in [-0.1, -0.05) is 23.4 Å². The molecule has 0 unspecified atom stereocenters. The van der Waals surface area contributed by atoms with Gasteiger partial charge in [-0.2, -0.15) is 0 Å². The van der Waals surface area contributed by atoms with E-state index < -0.39 is 5.76 Å². The molecule has 0 aliphatic carbocycles. The molecule has 0 spiro atoms. The summed E-state index contributed by atoms with van der Waals surface area (Å²) in [5.41, 5.74) is 2.43. The third-order valence-electron chi connectivity index (χ3n) is 3.43. The zero-order chi connectivity index (χ0) is 14.4. The van der Waals surface area contributed by atoms with Gasteiger partial charge in [0.05, 0.1) is 5.69 Å². The summed E-state index contributed by atoms with van der Waals surface area (Å²) >= 11 is 0. The van der Waals surface area contributed by atoms with Gasteiger partial charge < -0.3 is 9.84 Å². The first kappa shape index (κ1) is 11.8. The number of phenolic OH excluding ortho intramolecular Hbond substituents is 1. The summed E-state index contributed by atoms with van der Waals surface area (Å²) in [7, 11) is 0. The maximum absolute atomic E-state index is 11.8. The molecule has 1 aromatic heterocycles. The molecule has 1 aliphatic heterocycles. The molecule has 1 N–H and O–H groups in total. The van der Waals surface area contributed by atoms with Gasteiger partial charge in [0.2, 0.25) is 0 Å². The maximum Gasteiger partial charge on any atom is 0.446 e. The number of fused-ring (bicyclic) bond motifs is 3. The molecule has 0 bridgehead atoms. The lowest BCUT2D eigenvalue weighted by molar-refractivity contribution is 0.274. The summed E-state index contributed by atoms with van der Waals surface area (Å²) in [4.78, 5) is 11.8. The minimum atomic E-state index is -0.530. The molecule has 2 heterocycles. The van der Waals surface area contributed by atoms with Gasteiger partial charge in [0, 0.05) is 0 Å². The molecule has 21 heavy (non-hydrogen) atoms. The zero-order valence-corrected chi connectivity index (χ0v) is 10.8. The summed E-state index contributed by atoms with van der Waals surface area (Å²) in [6.07, 6.45) is 0. The van der Waals surface area contributed by atoms with Crippen LogP contribution in [0.5, 0.6) is 11.5 Å². The van der Waals surface area contributed by atoms with Gasteiger partial charge in [-0.25, -0.2) is 9.36 Å². The van der Waals surface area contributed by atoms with Gasteiger partial charge in [0.1, 0.15) is 11.5 Å². The molecule has 6 nitrogen and oxygen atoms in total. The Balaban J connectivity index is 1.90. The van der Waals surface area contributed by atoms with Crippen LogP contribution in [0.2, 0.25) is 0 Å². The number of hydrogen-bond donors (Lipinski definition) is 1. The van der Waals surface area contributed by atoms with Crippen molar-refractivity contribution in [1.29, 1.82) is 0 Å². The van der Waals surface area contributed by atoms with Crippen molar-refractivity contribution in [2.24, 2.45) is 0 Å². The van der Waals surface area contributed by atoms with Gasteiger partial charge in [0.15, 0.2) is 12.4 Å². The Hall–Kier alpha value is -3.02. The van der Waals surface area contributed by atoms with E-state index >= 15 is 0 Å². The average molecular weight is 282 g/mol. The van der Waals surface area contributed by atoms with E-state index in [0.717, 1.165) is 11.1 Å². The largest absolute Gasteiger partial charge is 0.508 e. The van der Waals surface area contributed by atoms with Crippen LogP contribution in [0.3, 0.4) is 0 Å². The van der Waals surface area contributed by atoms with Crippen molar-refractivity contribution < 1.29 is 14.4 Å². The molecule has 1 aliphatic rings. The van der Waals surface area contributed by atoms with Gasteiger partial charge in [-0.3, -0.25) is 4.52 Å². The molecule has 0 saturated carbocycles. The third-order valence-corrected chi connectivity index (χ3v) is 3.43. The van der Waals surface area contributed by atoms with E-state index in [1.54, 1.807) is 30.3 Å². The van der Waals surface area contributed by atoms with E-state index in [4.69, 9.17) is 4.74 Å².